The maximum atomic E-state index is 12.2. The monoisotopic (exact) mass is 318 g/mol. The zero-order valence-electron chi connectivity index (χ0n) is 13.0. The normalized spacial score (nSPS) is 17.6. The molecule has 23 heavy (non-hydrogen) atoms. The van der Waals surface area contributed by atoms with Crippen LogP contribution in [0.3, 0.4) is 0 Å². The fourth-order valence-corrected chi connectivity index (χ4v) is 2.81. The number of piperidine rings is 1. The van der Waals surface area contributed by atoms with Crippen LogP contribution in [0.5, 0.6) is 0 Å². The summed E-state index contributed by atoms with van der Waals surface area (Å²) in [5.41, 5.74) is 0.526. The number of aliphatic carboxylic acids is 1. The molecule has 1 fully saturated rings. The largest absolute Gasteiger partial charge is 0.481 e. The molecule has 6 heteroatoms. The molecule has 1 aromatic carbocycles. The van der Waals surface area contributed by atoms with Crippen LogP contribution in [-0.2, 0) is 9.59 Å². The number of amides is 2. The van der Waals surface area contributed by atoms with E-state index < -0.39 is 5.97 Å². The van der Waals surface area contributed by atoms with Crippen molar-refractivity contribution in [2.24, 2.45) is 5.92 Å². The van der Waals surface area contributed by atoms with Gasteiger partial charge in [0.25, 0.3) is 5.91 Å². The molecule has 1 aliphatic rings. The summed E-state index contributed by atoms with van der Waals surface area (Å²) in [6.07, 6.45) is 2.56. The lowest BCUT2D eigenvalue weighted by atomic mass is 9.93. The van der Waals surface area contributed by atoms with E-state index >= 15 is 0 Å². The SMILES string of the molecule is O=C(O)CCC1CCCN(C(=O)CNC(=O)c2ccccc2)C1. The van der Waals surface area contributed by atoms with E-state index in [2.05, 4.69) is 5.32 Å². The second-order valence-electron chi connectivity index (χ2n) is 5.83. The minimum absolute atomic E-state index is 0.0284. The number of benzene rings is 1. The summed E-state index contributed by atoms with van der Waals surface area (Å²) in [5, 5.41) is 11.4. The standard InChI is InChI=1S/C17H22N2O4/c20-15(11-18-17(23)14-6-2-1-3-7-14)19-10-4-5-13(12-19)8-9-16(21)22/h1-3,6-7,13H,4-5,8-12H2,(H,18,23)(H,21,22). The Kier molecular flexibility index (Phi) is 6.14. The number of carboxylic acid groups (broad SMARTS) is 1. The summed E-state index contributed by atoms with van der Waals surface area (Å²) in [6.45, 7) is 1.22. The van der Waals surface area contributed by atoms with Crippen LogP contribution in [0.4, 0.5) is 0 Å². The molecule has 1 heterocycles. The molecule has 0 aliphatic carbocycles. The van der Waals surface area contributed by atoms with E-state index in [1.54, 1.807) is 29.2 Å². The van der Waals surface area contributed by atoms with Crippen molar-refractivity contribution in [3.05, 3.63) is 35.9 Å². The Hall–Kier alpha value is -2.37. The summed E-state index contributed by atoms with van der Waals surface area (Å²) < 4.78 is 0. The molecule has 2 amide bonds. The van der Waals surface area contributed by atoms with Gasteiger partial charge in [0, 0.05) is 25.1 Å². The number of likely N-dealkylation sites (tertiary alicyclic amines) is 1. The molecular formula is C17H22N2O4. The molecule has 0 spiro atoms. The number of nitrogens with one attached hydrogen (secondary N) is 1. The molecule has 1 atom stereocenters. The van der Waals surface area contributed by atoms with Crippen LogP contribution in [0.15, 0.2) is 30.3 Å². The lowest BCUT2D eigenvalue weighted by Crippen LogP contribution is -2.45. The van der Waals surface area contributed by atoms with E-state index in [-0.39, 0.29) is 30.7 Å². The Balaban J connectivity index is 1.78. The lowest BCUT2D eigenvalue weighted by Gasteiger charge is -2.32. The Labute approximate surface area is 135 Å². The van der Waals surface area contributed by atoms with E-state index in [0.717, 1.165) is 12.8 Å². The van der Waals surface area contributed by atoms with Crippen molar-refractivity contribution in [2.75, 3.05) is 19.6 Å². The molecule has 0 saturated carbocycles. The number of hydrogen-bond acceptors (Lipinski definition) is 3. The van der Waals surface area contributed by atoms with E-state index in [0.29, 0.717) is 25.1 Å². The van der Waals surface area contributed by atoms with Crippen LogP contribution in [0.1, 0.15) is 36.0 Å². The van der Waals surface area contributed by atoms with E-state index in [1.807, 2.05) is 6.07 Å². The molecule has 1 aliphatic heterocycles. The summed E-state index contributed by atoms with van der Waals surface area (Å²) in [5.74, 6) is -0.954. The highest BCUT2D eigenvalue weighted by Gasteiger charge is 2.24. The first-order valence-electron chi connectivity index (χ1n) is 7.89. The number of nitrogens with zero attached hydrogens (tertiary/aromatic N) is 1. The van der Waals surface area contributed by atoms with Gasteiger partial charge in [0.05, 0.1) is 6.54 Å². The Morgan fingerprint density at radius 1 is 1.22 bits per heavy atom. The van der Waals surface area contributed by atoms with Crippen molar-refractivity contribution in [2.45, 2.75) is 25.7 Å². The van der Waals surface area contributed by atoms with Crippen molar-refractivity contribution in [1.29, 1.82) is 0 Å². The zero-order valence-corrected chi connectivity index (χ0v) is 13.0. The molecule has 2 N–H and O–H groups in total. The fourth-order valence-electron chi connectivity index (χ4n) is 2.81. The number of carbonyl (C=O) groups is 3. The topological polar surface area (TPSA) is 86.7 Å². The molecule has 6 nitrogen and oxygen atoms in total. The molecule has 1 aromatic rings. The third-order valence-electron chi connectivity index (χ3n) is 4.07. The van der Waals surface area contributed by atoms with Crippen LogP contribution in [0.25, 0.3) is 0 Å². The molecule has 1 saturated heterocycles. The molecule has 124 valence electrons. The molecule has 0 radical (unpaired) electrons. The van der Waals surface area contributed by atoms with Crippen molar-refractivity contribution < 1.29 is 19.5 Å². The number of carbonyl (C=O) groups excluding carboxylic acids is 2. The highest BCUT2D eigenvalue weighted by molar-refractivity contribution is 5.96. The van der Waals surface area contributed by atoms with Gasteiger partial charge in [0.1, 0.15) is 0 Å². The third kappa shape index (κ3) is 5.39. The number of hydrogen-bond donors (Lipinski definition) is 2. The van der Waals surface area contributed by atoms with Crippen LogP contribution in [0, 0.1) is 5.92 Å². The molecule has 0 bridgehead atoms. The van der Waals surface area contributed by atoms with Crippen molar-refractivity contribution in [3.8, 4) is 0 Å². The maximum absolute atomic E-state index is 12.2. The average Bonchev–Trinajstić information content (AvgIpc) is 2.58. The maximum Gasteiger partial charge on any atom is 0.303 e. The summed E-state index contributed by atoms with van der Waals surface area (Å²) >= 11 is 0. The van der Waals surface area contributed by atoms with E-state index in [1.165, 1.54) is 0 Å². The average molecular weight is 318 g/mol. The smallest absolute Gasteiger partial charge is 0.303 e. The molecule has 0 aromatic heterocycles. The number of rotatable bonds is 6. The van der Waals surface area contributed by atoms with Crippen molar-refractivity contribution >= 4 is 17.8 Å². The molecule has 2 rings (SSSR count). The fraction of sp³-hybridized carbons (Fsp3) is 0.471. The van der Waals surface area contributed by atoms with Gasteiger partial charge in [-0.25, -0.2) is 0 Å². The Morgan fingerprint density at radius 3 is 2.65 bits per heavy atom. The van der Waals surface area contributed by atoms with Gasteiger partial charge in [-0.05, 0) is 37.3 Å². The van der Waals surface area contributed by atoms with Crippen molar-refractivity contribution in [3.63, 3.8) is 0 Å². The second kappa shape index (κ2) is 8.31. The van der Waals surface area contributed by atoms with Gasteiger partial charge in [-0.3, -0.25) is 14.4 Å². The van der Waals surface area contributed by atoms with Crippen LogP contribution < -0.4 is 5.32 Å². The van der Waals surface area contributed by atoms with E-state index in [4.69, 9.17) is 5.11 Å². The quantitative estimate of drug-likeness (QED) is 0.832. The Morgan fingerprint density at radius 2 is 1.96 bits per heavy atom. The zero-order chi connectivity index (χ0) is 16.7. The minimum atomic E-state index is -0.802. The highest BCUT2D eigenvalue weighted by atomic mass is 16.4. The number of carboxylic acids is 1. The summed E-state index contributed by atoms with van der Waals surface area (Å²) in [6, 6.07) is 8.76. The van der Waals surface area contributed by atoms with Gasteiger partial charge >= 0.3 is 5.97 Å². The van der Waals surface area contributed by atoms with Crippen LogP contribution >= 0.6 is 0 Å². The van der Waals surface area contributed by atoms with Gasteiger partial charge in [0.15, 0.2) is 0 Å². The highest BCUT2D eigenvalue weighted by Crippen LogP contribution is 2.20. The predicted octanol–water partition coefficient (Wildman–Crippen LogP) is 1.52. The van der Waals surface area contributed by atoms with Crippen LogP contribution in [-0.4, -0.2) is 47.4 Å². The van der Waals surface area contributed by atoms with Gasteiger partial charge in [-0.1, -0.05) is 18.2 Å². The van der Waals surface area contributed by atoms with Gasteiger partial charge in [-0.15, -0.1) is 0 Å². The Bertz CT molecular complexity index is 559. The van der Waals surface area contributed by atoms with E-state index in [9.17, 15) is 14.4 Å². The third-order valence-corrected chi connectivity index (χ3v) is 4.07. The van der Waals surface area contributed by atoms with Gasteiger partial charge < -0.3 is 15.3 Å². The second-order valence-corrected chi connectivity index (χ2v) is 5.83. The molecule has 1 unspecified atom stereocenters. The summed E-state index contributed by atoms with van der Waals surface area (Å²) in [7, 11) is 0. The molecular weight excluding hydrogens is 296 g/mol. The van der Waals surface area contributed by atoms with Crippen molar-refractivity contribution in [1.82, 2.24) is 10.2 Å². The first-order valence-corrected chi connectivity index (χ1v) is 7.89. The first-order chi connectivity index (χ1) is 11.1. The predicted molar refractivity (Wildman–Crippen MR) is 84.9 cm³/mol. The first kappa shape index (κ1) is 17.0. The van der Waals surface area contributed by atoms with Gasteiger partial charge in [0.2, 0.25) is 5.91 Å². The summed E-state index contributed by atoms with van der Waals surface area (Å²) in [4.78, 5) is 36.5. The minimum Gasteiger partial charge on any atom is -0.481 e. The van der Waals surface area contributed by atoms with Crippen LogP contribution in [0.2, 0.25) is 0 Å². The van der Waals surface area contributed by atoms with Gasteiger partial charge in [-0.2, -0.15) is 0 Å². The lowest BCUT2D eigenvalue weighted by molar-refractivity contribution is -0.137.